The van der Waals surface area contributed by atoms with Crippen LogP contribution < -0.4 is 4.74 Å². The first kappa shape index (κ1) is 14.4. The lowest BCUT2D eigenvalue weighted by atomic mass is 9.81. The molecular weight excluding hydrogens is 342 g/mol. The van der Waals surface area contributed by atoms with Gasteiger partial charge in [-0.3, -0.25) is 9.69 Å². The van der Waals surface area contributed by atoms with E-state index in [-0.39, 0.29) is 0 Å². The molecule has 6 heteroatoms. The van der Waals surface area contributed by atoms with Crippen molar-refractivity contribution in [2.24, 2.45) is 11.3 Å². The van der Waals surface area contributed by atoms with Crippen LogP contribution in [0.4, 0.5) is 0 Å². The number of carboxylic acids is 1. The monoisotopic (exact) mass is 359 g/mol. The highest BCUT2D eigenvalue weighted by atomic mass is 79.9. The number of aliphatic carboxylic acids is 1. The molecule has 4 nitrogen and oxygen atoms in total. The van der Waals surface area contributed by atoms with Crippen molar-refractivity contribution < 1.29 is 14.6 Å². The Morgan fingerprint density at radius 3 is 3.10 bits per heavy atom. The van der Waals surface area contributed by atoms with Crippen LogP contribution >= 0.6 is 27.3 Å². The molecule has 1 aromatic heterocycles. The van der Waals surface area contributed by atoms with Crippen LogP contribution in [0.1, 0.15) is 24.1 Å². The smallest absolute Gasteiger partial charge is 0.311 e. The van der Waals surface area contributed by atoms with Gasteiger partial charge < -0.3 is 9.84 Å². The average molecular weight is 360 g/mol. The number of fused-ring (bicyclic) bond motifs is 1. The summed E-state index contributed by atoms with van der Waals surface area (Å²) in [7, 11) is 1.67. The summed E-state index contributed by atoms with van der Waals surface area (Å²) in [5.74, 6) is -0.280. The number of nitrogens with zero attached hydrogens (tertiary/aromatic N) is 1. The number of methoxy groups -OCH3 is 1. The van der Waals surface area contributed by atoms with Crippen LogP contribution in [0.2, 0.25) is 0 Å². The zero-order valence-corrected chi connectivity index (χ0v) is 13.8. The van der Waals surface area contributed by atoms with Crippen molar-refractivity contribution in [2.45, 2.75) is 25.8 Å². The lowest BCUT2D eigenvalue weighted by Crippen LogP contribution is -2.35. The third kappa shape index (κ3) is 2.27. The Kier molecular flexibility index (Phi) is 3.81. The fraction of sp³-hybridized carbons (Fsp3) is 0.643. The van der Waals surface area contributed by atoms with Gasteiger partial charge >= 0.3 is 5.97 Å². The van der Waals surface area contributed by atoms with E-state index in [1.807, 2.05) is 0 Å². The number of hydrogen-bond acceptors (Lipinski definition) is 4. The highest BCUT2D eigenvalue weighted by Gasteiger charge is 2.54. The Morgan fingerprint density at radius 1 is 1.70 bits per heavy atom. The van der Waals surface area contributed by atoms with Crippen molar-refractivity contribution in [3.05, 3.63) is 15.4 Å². The molecule has 0 radical (unpaired) electrons. The van der Waals surface area contributed by atoms with Crippen LogP contribution in [-0.4, -0.2) is 36.2 Å². The normalized spacial score (nSPS) is 29.6. The van der Waals surface area contributed by atoms with E-state index in [1.54, 1.807) is 18.4 Å². The summed E-state index contributed by atoms with van der Waals surface area (Å²) in [6, 6.07) is 2.07. The Labute approximate surface area is 130 Å². The summed E-state index contributed by atoms with van der Waals surface area (Å²) in [6.07, 6.45) is 2.95. The highest BCUT2D eigenvalue weighted by Crippen LogP contribution is 2.49. The molecule has 1 aliphatic heterocycles. The molecule has 1 saturated heterocycles. The molecule has 0 spiro atoms. The van der Waals surface area contributed by atoms with Crippen LogP contribution in [0, 0.1) is 11.3 Å². The van der Waals surface area contributed by atoms with Crippen LogP contribution in [-0.2, 0) is 11.3 Å². The van der Waals surface area contributed by atoms with E-state index in [2.05, 4.69) is 26.9 Å². The molecule has 1 saturated carbocycles. The first-order valence-corrected chi connectivity index (χ1v) is 8.44. The van der Waals surface area contributed by atoms with Crippen molar-refractivity contribution in [1.29, 1.82) is 0 Å². The second-order valence-corrected chi connectivity index (χ2v) is 7.73. The zero-order valence-electron chi connectivity index (χ0n) is 11.4. The van der Waals surface area contributed by atoms with E-state index < -0.39 is 11.4 Å². The summed E-state index contributed by atoms with van der Waals surface area (Å²) in [4.78, 5) is 15.2. The molecule has 0 amide bonds. The van der Waals surface area contributed by atoms with Gasteiger partial charge in [0.05, 0.1) is 17.0 Å². The molecule has 1 aromatic rings. The van der Waals surface area contributed by atoms with Gasteiger partial charge in [-0.1, -0.05) is 6.42 Å². The number of hydrogen-bond donors (Lipinski definition) is 1. The van der Waals surface area contributed by atoms with Crippen LogP contribution in [0.25, 0.3) is 0 Å². The SMILES string of the molecule is COc1sc(CN2C[C@@H]3CCC[C@@]3(C(=O)O)C2)cc1Br. The second-order valence-electron chi connectivity index (χ2n) is 5.77. The largest absolute Gasteiger partial charge is 0.486 e. The molecule has 0 unspecified atom stereocenters. The molecule has 2 fully saturated rings. The van der Waals surface area contributed by atoms with Gasteiger partial charge in [0.15, 0.2) is 5.06 Å². The van der Waals surface area contributed by atoms with Crippen LogP contribution in [0.5, 0.6) is 5.06 Å². The van der Waals surface area contributed by atoms with Crippen molar-refractivity contribution in [2.75, 3.05) is 20.2 Å². The molecule has 2 heterocycles. The van der Waals surface area contributed by atoms with Gasteiger partial charge in [-0.15, -0.1) is 11.3 Å². The molecule has 110 valence electrons. The molecule has 20 heavy (non-hydrogen) atoms. The van der Waals surface area contributed by atoms with Crippen molar-refractivity contribution in [3.63, 3.8) is 0 Å². The molecule has 3 rings (SSSR count). The summed E-state index contributed by atoms with van der Waals surface area (Å²) in [6.45, 7) is 2.41. The van der Waals surface area contributed by atoms with Gasteiger partial charge in [0.25, 0.3) is 0 Å². The van der Waals surface area contributed by atoms with E-state index in [0.717, 1.165) is 41.9 Å². The van der Waals surface area contributed by atoms with E-state index in [4.69, 9.17) is 4.74 Å². The maximum absolute atomic E-state index is 11.7. The molecule has 2 aliphatic rings. The second kappa shape index (κ2) is 5.31. The van der Waals surface area contributed by atoms with Crippen LogP contribution in [0.15, 0.2) is 10.5 Å². The third-order valence-electron chi connectivity index (χ3n) is 4.64. The number of carboxylic acid groups (broad SMARTS) is 1. The minimum absolute atomic E-state index is 0.324. The number of carbonyl (C=O) groups is 1. The molecular formula is C14H18BrNO3S. The third-order valence-corrected chi connectivity index (χ3v) is 6.57. The Morgan fingerprint density at radius 2 is 2.50 bits per heavy atom. The lowest BCUT2D eigenvalue weighted by molar-refractivity contribution is -0.149. The van der Waals surface area contributed by atoms with Crippen molar-refractivity contribution in [1.82, 2.24) is 4.90 Å². The van der Waals surface area contributed by atoms with Gasteiger partial charge in [-0.25, -0.2) is 0 Å². The Bertz CT molecular complexity index is 532. The number of likely N-dealkylation sites (tertiary alicyclic amines) is 1. The molecule has 1 aliphatic carbocycles. The summed E-state index contributed by atoms with van der Waals surface area (Å²) < 4.78 is 6.26. The van der Waals surface area contributed by atoms with Gasteiger partial charge in [-0.2, -0.15) is 0 Å². The summed E-state index contributed by atoms with van der Waals surface area (Å²) >= 11 is 5.11. The standard InChI is InChI=1S/C14H18BrNO3S/c1-19-12-11(15)5-10(20-12)7-16-6-9-3-2-4-14(9,8-16)13(17)18/h5,9H,2-4,6-8H2,1H3,(H,17,18)/t9-,14+/m0/s1. The molecule has 1 N–H and O–H groups in total. The fourth-order valence-corrected chi connectivity index (χ4v) is 5.43. The minimum atomic E-state index is -0.604. The maximum atomic E-state index is 11.7. The van der Waals surface area contributed by atoms with Gasteiger partial charge in [0, 0.05) is 24.5 Å². The zero-order chi connectivity index (χ0) is 14.3. The van der Waals surface area contributed by atoms with Crippen molar-refractivity contribution >= 4 is 33.2 Å². The maximum Gasteiger partial charge on any atom is 0.311 e. The van der Waals surface area contributed by atoms with E-state index >= 15 is 0 Å². The minimum Gasteiger partial charge on any atom is -0.486 e. The Balaban J connectivity index is 1.72. The fourth-order valence-electron chi connectivity index (χ4n) is 3.70. The lowest BCUT2D eigenvalue weighted by Gasteiger charge is -2.23. The number of halogens is 1. The summed E-state index contributed by atoms with van der Waals surface area (Å²) in [5.41, 5.74) is -0.488. The molecule has 0 aromatic carbocycles. The topological polar surface area (TPSA) is 49.8 Å². The average Bonchev–Trinajstić information content (AvgIpc) is 3.01. The predicted octanol–water partition coefficient (Wildman–Crippen LogP) is 3.21. The van der Waals surface area contributed by atoms with E-state index in [1.165, 1.54) is 4.88 Å². The number of thiophene rings is 1. The Hall–Kier alpha value is -0.590. The first-order valence-electron chi connectivity index (χ1n) is 6.83. The molecule has 2 atom stereocenters. The molecule has 0 bridgehead atoms. The predicted molar refractivity (Wildman–Crippen MR) is 81.3 cm³/mol. The highest BCUT2D eigenvalue weighted by molar-refractivity contribution is 9.10. The van der Waals surface area contributed by atoms with Gasteiger partial charge in [-0.05, 0) is 40.8 Å². The van der Waals surface area contributed by atoms with E-state index in [0.29, 0.717) is 12.5 Å². The van der Waals surface area contributed by atoms with Crippen molar-refractivity contribution in [3.8, 4) is 5.06 Å². The quantitative estimate of drug-likeness (QED) is 0.896. The number of ether oxygens (including phenoxy) is 1. The van der Waals surface area contributed by atoms with Gasteiger partial charge in [0.2, 0.25) is 0 Å². The first-order chi connectivity index (χ1) is 9.55. The van der Waals surface area contributed by atoms with Crippen LogP contribution in [0.3, 0.4) is 0 Å². The number of rotatable bonds is 4. The van der Waals surface area contributed by atoms with E-state index in [9.17, 15) is 9.90 Å². The summed E-state index contributed by atoms with van der Waals surface area (Å²) in [5, 5.41) is 10.5. The van der Waals surface area contributed by atoms with Gasteiger partial charge in [0.1, 0.15) is 0 Å².